The number of rotatable bonds is 5. The molecule has 0 saturated carbocycles. The second-order valence-electron chi connectivity index (χ2n) is 5.42. The summed E-state index contributed by atoms with van der Waals surface area (Å²) >= 11 is 0. The van der Waals surface area contributed by atoms with Crippen LogP contribution in [-0.2, 0) is 10.0 Å². The Labute approximate surface area is 124 Å². The summed E-state index contributed by atoms with van der Waals surface area (Å²) in [6.07, 6.45) is 3.26. The summed E-state index contributed by atoms with van der Waals surface area (Å²) in [6.45, 7) is 3.73. The second-order valence-corrected chi connectivity index (χ2v) is 6.98. The van der Waals surface area contributed by atoms with Gasteiger partial charge in [-0.1, -0.05) is 13.3 Å². The number of hydrogen-bond acceptors (Lipinski definition) is 4. The van der Waals surface area contributed by atoms with Crippen molar-refractivity contribution in [2.75, 3.05) is 18.0 Å². The zero-order valence-electron chi connectivity index (χ0n) is 11.9. The normalized spacial score (nSPS) is 19.0. The number of carboxylic acid groups (broad SMARTS) is 1. The van der Waals surface area contributed by atoms with Gasteiger partial charge in [0.1, 0.15) is 0 Å². The third-order valence-corrected chi connectivity index (χ3v) is 4.76. The summed E-state index contributed by atoms with van der Waals surface area (Å²) in [7, 11) is -3.90. The number of nitrogens with zero attached hydrogens (tertiary/aromatic N) is 1. The van der Waals surface area contributed by atoms with Crippen LogP contribution in [-0.4, -0.2) is 32.6 Å². The average Bonchev–Trinajstić information content (AvgIpc) is 2.86. The molecule has 0 aromatic heterocycles. The lowest BCUT2D eigenvalue weighted by Crippen LogP contribution is -2.23. The fourth-order valence-electron chi connectivity index (χ4n) is 2.83. The van der Waals surface area contributed by atoms with Crippen LogP contribution in [0.3, 0.4) is 0 Å². The van der Waals surface area contributed by atoms with Crippen LogP contribution in [0.4, 0.5) is 5.69 Å². The number of sulfonamides is 1. The monoisotopic (exact) mass is 312 g/mol. The first-order chi connectivity index (χ1) is 9.82. The van der Waals surface area contributed by atoms with E-state index in [1.165, 1.54) is 12.1 Å². The van der Waals surface area contributed by atoms with E-state index in [1.807, 2.05) is 4.90 Å². The molecule has 1 aromatic rings. The minimum Gasteiger partial charge on any atom is -0.478 e. The highest BCUT2D eigenvalue weighted by atomic mass is 32.2. The molecule has 6 nitrogen and oxygen atoms in total. The largest absolute Gasteiger partial charge is 0.478 e. The maximum Gasteiger partial charge on any atom is 0.337 e. The highest BCUT2D eigenvalue weighted by Gasteiger charge is 2.26. The quantitative estimate of drug-likeness (QED) is 0.861. The molecule has 116 valence electrons. The second kappa shape index (κ2) is 6.03. The van der Waals surface area contributed by atoms with Crippen molar-refractivity contribution in [3.05, 3.63) is 23.8 Å². The third kappa shape index (κ3) is 3.54. The number of aromatic carboxylic acids is 1. The van der Waals surface area contributed by atoms with Gasteiger partial charge in [0.2, 0.25) is 10.0 Å². The maximum absolute atomic E-state index is 11.4. The number of benzene rings is 1. The fraction of sp³-hybridized carbons (Fsp3) is 0.500. The molecule has 21 heavy (non-hydrogen) atoms. The minimum atomic E-state index is -3.90. The molecule has 3 N–H and O–H groups in total. The molecule has 1 fully saturated rings. The van der Waals surface area contributed by atoms with Crippen molar-refractivity contribution < 1.29 is 18.3 Å². The van der Waals surface area contributed by atoms with Crippen LogP contribution in [0.2, 0.25) is 0 Å². The standard InChI is InChI=1S/C14H20N2O4S/c1-2-3-10-6-7-16(9-10)13-5-4-11(21(15,19)20)8-12(13)14(17)18/h4-5,8,10H,2-3,6-7,9H2,1H3,(H,17,18)(H2,15,19,20). The van der Waals surface area contributed by atoms with Crippen LogP contribution in [0, 0.1) is 5.92 Å². The van der Waals surface area contributed by atoms with Gasteiger partial charge >= 0.3 is 5.97 Å². The molecule has 7 heteroatoms. The molecule has 1 saturated heterocycles. The molecule has 1 aliphatic heterocycles. The van der Waals surface area contributed by atoms with Gasteiger partial charge < -0.3 is 10.0 Å². The van der Waals surface area contributed by atoms with Crippen molar-refractivity contribution in [2.45, 2.75) is 31.1 Å². The van der Waals surface area contributed by atoms with Crippen molar-refractivity contribution in [2.24, 2.45) is 11.1 Å². The minimum absolute atomic E-state index is 0.0151. The molecular formula is C14H20N2O4S. The first-order valence-corrected chi connectivity index (χ1v) is 8.52. The lowest BCUT2D eigenvalue weighted by atomic mass is 10.0. The summed E-state index contributed by atoms with van der Waals surface area (Å²) in [5.74, 6) is -0.580. The molecule has 1 aliphatic rings. The summed E-state index contributed by atoms with van der Waals surface area (Å²) in [4.78, 5) is 13.2. The maximum atomic E-state index is 11.4. The van der Waals surface area contributed by atoms with Crippen molar-refractivity contribution in [1.29, 1.82) is 0 Å². The first kappa shape index (κ1) is 15.8. The van der Waals surface area contributed by atoms with Crippen LogP contribution in [0.1, 0.15) is 36.5 Å². The number of anilines is 1. The summed E-state index contributed by atoms with van der Waals surface area (Å²) < 4.78 is 22.7. The number of nitrogens with two attached hydrogens (primary N) is 1. The van der Waals surface area contributed by atoms with E-state index in [2.05, 4.69) is 6.92 Å². The first-order valence-electron chi connectivity index (χ1n) is 6.98. The Bertz CT molecular complexity index is 642. The zero-order chi connectivity index (χ0) is 15.6. The summed E-state index contributed by atoms with van der Waals surface area (Å²) in [5, 5.41) is 14.4. The third-order valence-electron chi connectivity index (χ3n) is 3.85. The van der Waals surface area contributed by atoms with Crippen molar-refractivity contribution >= 4 is 21.7 Å². The topological polar surface area (TPSA) is 101 Å². The van der Waals surface area contributed by atoms with Gasteiger partial charge in [-0.15, -0.1) is 0 Å². The van der Waals surface area contributed by atoms with Crippen molar-refractivity contribution in [3.63, 3.8) is 0 Å². The smallest absolute Gasteiger partial charge is 0.337 e. The Balaban J connectivity index is 2.34. The molecule has 1 heterocycles. The molecule has 1 unspecified atom stereocenters. The highest BCUT2D eigenvalue weighted by molar-refractivity contribution is 7.89. The molecule has 0 spiro atoms. The van der Waals surface area contributed by atoms with E-state index in [-0.39, 0.29) is 10.5 Å². The predicted molar refractivity (Wildman–Crippen MR) is 80.0 cm³/mol. The van der Waals surface area contributed by atoms with Gasteiger partial charge in [0.25, 0.3) is 0 Å². The Kier molecular flexibility index (Phi) is 4.53. The average molecular weight is 312 g/mol. The van der Waals surface area contributed by atoms with Gasteiger partial charge in [-0.05, 0) is 37.0 Å². The van der Waals surface area contributed by atoms with Crippen molar-refractivity contribution in [1.82, 2.24) is 0 Å². The SMILES string of the molecule is CCCC1CCN(c2ccc(S(N)(=O)=O)cc2C(=O)O)C1. The summed E-state index contributed by atoms with van der Waals surface area (Å²) in [6, 6.07) is 4.04. The van der Waals surface area contributed by atoms with E-state index in [1.54, 1.807) is 0 Å². The number of carboxylic acids is 1. The summed E-state index contributed by atoms with van der Waals surface area (Å²) in [5.41, 5.74) is 0.548. The molecular weight excluding hydrogens is 292 g/mol. The van der Waals surface area contributed by atoms with Gasteiger partial charge in [-0.25, -0.2) is 18.4 Å². The van der Waals surface area contributed by atoms with E-state index in [0.29, 0.717) is 11.6 Å². The van der Waals surface area contributed by atoms with Gasteiger partial charge in [0.05, 0.1) is 16.1 Å². The van der Waals surface area contributed by atoms with Gasteiger partial charge in [0.15, 0.2) is 0 Å². The van der Waals surface area contributed by atoms with Crippen LogP contribution < -0.4 is 10.0 Å². The Morgan fingerprint density at radius 1 is 1.48 bits per heavy atom. The van der Waals surface area contributed by atoms with E-state index >= 15 is 0 Å². The van der Waals surface area contributed by atoms with E-state index in [9.17, 15) is 18.3 Å². The molecule has 1 atom stereocenters. The number of hydrogen-bond donors (Lipinski definition) is 2. The highest BCUT2D eigenvalue weighted by Crippen LogP contribution is 2.30. The van der Waals surface area contributed by atoms with Crippen LogP contribution in [0.5, 0.6) is 0 Å². The molecule has 0 amide bonds. The molecule has 1 aromatic carbocycles. The lowest BCUT2D eigenvalue weighted by molar-refractivity contribution is 0.0697. The molecule has 0 aliphatic carbocycles. The predicted octanol–water partition coefficient (Wildman–Crippen LogP) is 1.66. The van der Waals surface area contributed by atoms with Crippen molar-refractivity contribution in [3.8, 4) is 0 Å². The molecule has 0 radical (unpaired) electrons. The number of primary sulfonamides is 1. The Morgan fingerprint density at radius 2 is 2.19 bits per heavy atom. The van der Waals surface area contributed by atoms with Gasteiger partial charge in [-0.2, -0.15) is 0 Å². The van der Waals surface area contributed by atoms with Gasteiger partial charge in [-0.3, -0.25) is 0 Å². The van der Waals surface area contributed by atoms with Crippen LogP contribution in [0.15, 0.2) is 23.1 Å². The fourth-order valence-corrected chi connectivity index (χ4v) is 3.37. The van der Waals surface area contributed by atoms with E-state index < -0.39 is 16.0 Å². The lowest BCUT2D eigenvalue weighted by Gasteiger charge is -2.21. The molecule has 2 rings (SSSR count). The van der Waals surface area contributed by atoms with Crippen LogP contribution in [0.25, 0.3) is 0 Å². The van der Waals surface area contributed by atoms with Crippen LogP contribution >= 0.6 is 0 Å². The Hall–Kier alpha value is -1.60. The van der Waals surface area contributed by atoms with E-state index in [4.69, 9.17) is 5.14 Å². The van der Waals surface area contributed by atoms with E-state index in [0.717, 1.165) is 38.4 Å². The zero-order valence-corrected chi connectivity index (χ0v) is 12.8. The molecule has 0 bridgehead atoms. The van der Waals surface area contributed by atoms with Gasteiger partial charge in [0, 0.05) is 13.1 Å². The number of carbonyl (C=O) groups is 1. The Morgan fingerprint density at radius 3 is 2.76 bits per heavy atom.